The van der Waals surface area contributed by atoms with Gasteiger partial charge in [-0.05, 0) is 13.3 Å². The van der Waals surface area contributed by atoms with Crippen molar-refractivity contribution >= 4 is 11.6 Å². The second-order valence-corrected chi connectivity index (χ2v) is 4.55. The molecule has 1 rings (SSSR count). The minimum absolute atomic E-state index is 0.0294. The SMILES string of the molecule is CCCc1nc(NN)c(C)c(NCC(COC)OC)n1. The molecule has 0 saturated carbocycles. The van der Waals surface area contributed by atoms with Crippen LogP contribution in [0.2, 0.25) is 0 Å². The van der Waals surface area contributed by atoms with E-state index in [9.17, 15) is 0 Å². The van der Waals surface area contributed by atoms with Gasteiger partial charge >= 0.3 is 0 Å². The molecule has 0 aliphatic rings. The molecule has 20 heavy (non-hydrogen) atoms. The van der Waals surface area contributed by atoms with E-state index in [1.165, 1.54) is 0 Å². The number of nitrogens with zero attached hydrogens (tertiary/aromatic N) is 2. The number of nitrogen functional groups attached to an aromatic ring is 1. The highest BCUT2D eigenvalue weighted by atomic mass is 16.5. The Morgan fingerprint density at radius 3 is 2.50 bits per heavy atom. The average Bonchev–Trinajstić information content (AvgIpc) is 2.46. The van der Waals surface area contributed by atoms with Crippen LogP contribution in [0.4, 0.5) is 11.6 Å². The van der Waals surface area contributed by atoms with Crippen molar-refractivity contribution in [1.29, 1.82) is 0 Å². The van der Waals surface area contributed by atoms with E-state index in [2.05, 4.69) is 27.6 Å². The highest BCUT2D eigenvalue weighted by Crippen LogP contribution is 2.19. The zero-order valence-corrected chi connectivity index (χ0v) is 12.7. The van der Waals surface area contributed by atoms with Crippen molar-refractivity contribution in [2.24, 2.45) is 5.84 Å². The van der Waals surface area contributed by atoms with Crippen LogP contribution in [0.15, 0.2) is 0 Å². The largest absolute Gasteiger partial charge is 0.382 e. The fraction of sp³-hybridized carbons (Fsp3) is 0.692. The minimum atomic E-state index is -0.0294. The van der Waals surface area contributed by atoms with Crippen molar-refractivity contribution < 1.29 is 9.47 Å². The van der Waals surface area contributed by atoms with Gasteiger partial charge in [0.25, 0.3) is 0 Å². The molecule has 0 radical (unpaired) electrons. The van der Waals surface area contributed by atoms with E-state index in [4.69, 9.17) is 15.3 Å². The normalized spacial score (nSPS) is 12.2. The van der Waals surface area contributed by atoms with Crippen molar-refractivity contribution in [1.82, 2.24) is 9.97 Å². The first-order valence-electron chi connectivity index (χ1n) is 6.75. The molecular formula is C13H25N5O2. The number of methoxy groups -OCH3 is 2. The molecule has 4 N–H and O–H groups in total. The standard InChI is InChI=1S/C13H25N5O2/c1-5-6-11-16-12(9(2)13(17-11)18-14)15-7-10(20-4)8-19-3/h10H,5-8,14H2,1-4H3,(H2,15,16,17,18). The van der Waals surface area contributed by atoms with Crippen LogP contribution in [0.1, 0.15) is 24.7 Å². The second kappa shape index (κ2) is 8.68. The lowest BCUT2D eigenvalue weighted by atomic mass is 10.2. The van der Waals surface area contributed by atoms with Gasteiger partial charge < -0.3 is 20.2 Å². The van der Waals surface area contributed by atoms with Crippen molar-refractivity contribution in [3.05, 3.63) is 11.4 Å². The summed E-state index contributed by atoms with van der Waals surface area (Å²) in [5.41, 5.74) is 3.50. The van der Waals surface area contributed by atoms with Crippen LogP contribution < -0.4 is 16.6 Å². The zero-order valence-electron chi connectivity index (χ0n) is 12.7. The van der Waals surface area contributed by atoms with Crippen molar-refractivity contribution in [3.63, 3.8) is 0 Å². The lowest BCUT2D eigenvalue weighted by Crippen LogP contribution is -2.27. The van der Waals surface area contributed by atoms with Crippen molar-refractivity contribution in [2.75, 3.05) is 38.1 Å². The summed E-state index contributed by atoms with van der Waals surface area (Å²) in [6, 6.07) is 0. The first kappa shape index (κ1) is 16.6. The highest BCUT2D eigenvalue weighted by molar-refractivity contribution is 5.56. The number of anilines is 2. The Morgan fingerprint density at radius 1 is 1.25 bits per heavy atom. The Labute approximate surface area is 120 Å². The topological polar surface area (TPSA) is 94.3 Å². The third kappa shape index (κ3) is 4.59. The van der Waals surface area contributed by atoms with Crippen molar-refractivity contribution in [2.45, 2.75) is 32.8 Å². The van der Waals surface area contributed by atoms with Crippen molar-refractivity contribution in [3.8, 4) is 0 Å². The Bertz CT molecular complexity index is 414. The number of hydrazine groups is 1. The first-order valence-corrected chi connectivity index (χ1v) is 6.75. The maximum atomic E-state index is 5.50. The predicted octanol–water partition coefficient (Wildman–Crippen LogP) is 1.10. The van der Waals surface area contributed by atoms with Gasteiger partial charge in [-0.3, -0.25) is 0 Å². The summed E-state index contributed by atoms with van der Waals surface area (Å²) < 4.78 is 10.4. The zero-order chi connectivity index (χ0) is 15.0. The fourth-order valence-electron chi connectivity index (χ4n) is 1.82. The molecule has 0 amide bonds. The number of ether oxygens (including phenoxy) is 2. The van der Waals surface area contributed by atoms with Crippen LogP contribution in [-0.4, -0.2) is 43.4 Å². The Kier molecular flexibility index (Phi) is 7.21. The molecule has 114 valence electrons. The van der Waals surface area contributed by atoms with Crippen LogP contribution >= 0.6 is 0 Å². The third-order valence-corrected chi connectivity index (χ3v) is 2.99. The molecule has 0 fully saturated rings. The molecule has 0 aromatic carbocycles. The highest BCUT2D eigenvalue weighted by Gasteiger charge is 2.12. The molecule has 0 aliphatic carbocycles. The number of aromatic nitrogens is 2. The molecule has 0 saturated heterocycles. The van der Waals surface area contributed by atoms with E-state index in [0.29, 0.717) is 19.0 Å². The van der Waals surface area contributed by atoms with Crippen LogP contribution in [0.5, 0.6) is 0 Å². The van der Waals surface area contributed by atoms with Crippen LogP contribution in [-0.2, 0) is 15.9 Å². The number of hydrogen-bond donors (Lipinski definition) is 3. The number of rotatable bonds is 9. The smallest absolute Gasteiger partial charge is 0.148 e. The quantitative estimate of drug-likeness (QED) is 0.461. The molecule has 1 unspecified atom stereocenters. The molecule has 0 bridgehead atoms. The van der Waals surface area contributed by atoms with Crippen LogP contribution in [0.3, 0.4) is 0 Å². The van der Waals surface area contributed by atoms with Gasteiger partial charge in [-0.25, -0.2) is 15.8 Å². The summed E-state index contributed by atoms with van der Waals surface area (Å²) in [4.78, 5) is 8.90. The van der Waals surface area contributed by atoms with E-state index in [0.717, 1.165) is 30.0 Å². The van der Waals surface area contributed by atoms with Gasteiger partial charge in [0.2, 0.25) is 0 Å². The molecular weight excluding hydrogens is 258 g/mol. The summed E-state index contributed by atoms with van der Waals surface area (Å²) in [5.74, 6) is 7.69. The molecule has 1 heterocycles. The molecule has 0 aliphatic heterocycles. The summed E-state index contributed by atoms with van der Waals surface area (Å²) in [6.07, 6.45) is 1.77. The summed E-state index contributed by atoms with van der Waals surface area (Å²) in [7, 11) is 3.31. The number of nitrogens with one attached hydrogen (secondary N) is 2. The maximum Gasteiger partial charge on any atom is 0.148 e. The van der Waals surface area contributed by atoms with Crippen LogP contribution in [0, 0.1) is 6.92 Å². The van der Waals surface area contributed by atoms with Gasteiger partial charge in [0.15, 0.2) is 0 Å². The lowest BCUT2D eigenvalue weighted by molar-refractivity contribution is 0.0365. The lowest BCUT2D eigenvalue weighted by Gasteiger charge is -2.18. The summed E-state index contributed by atoms with van der Waals surface area (Å²) in [5, 5.41) is 3.27. The number of nitrogens with two attached hydrogens (primary N) is 1. The second-order valence-electron chi connectivity index (χ2n) is 4.55. The number of hydrogen-bond acceptors (Lipinski definition) is 7. The Morgan fingerprint density at radius 2 is 1.95 bits per heavy atom. The molecule has 7 nitrogen and oxygen atoms in total. The molecule has 1 aromatic rings. The van der Waals surface area contributed by atoms with E-state index >= 15 is 0 Å². The van der Waals surface area contributed by atoms with Gasteiger partial charge in [-0.2, -0.15) is 0 Å². The molecule has 0 spiro atoms. The summed E-state index contributed by atoms with van der Waals surface area (Å²) in [6.45, 7) is 5.14. The first-order chi connectivity index (χ1) is 9.65. The fourth-order valence-corrected chi connectivity index (χ4v) is 1.82. The van der Waals surface area contributed by atoms with Gasteiger partial charge in [0.05, 0.1) is 12.7 Å². The Balaban J connectivity index is 2.84. The average molecular weight is 283 g/mol. The van der Waals surface area contributed by atoms with Gasteiger partial charge in [-0.1, -0.05) is 6.92 Å². The molecule has 1 aromatic heterocycles. The number of aryl methyl sites for hydroxylation is 1. The van der Waals surface area contributed by atoms with E-state index < -0.39 is 0 Å². The molecule has 7 heteroatoms. The maximum absolute atomic E-state index is 5.50. The minimum Gasteiger partial charge on any atom is -0.382 e. The van der Waals surface area contributed by atoms with Gasteiger partial charge in [0, 0.05) is 32.7 Å². The molecule has 1 atom stereocenters. The van der Waals surface area contributed by atoms with Gasteiger partial charge in [0.1, 0.15) is 17.5 Å². The predicted molar refractivity (Wildman–Crippen MR) is 79.7 cm³/mol. The van der Waals surface area contributed by atoms with E-state index in [-0.39, 0.29) is 6.10 Å². The van der Waals surface area contributed by atoms with Gasteiger partial charge in [-0.15, -0.1) is 0 Å². The monoisotopic (exact) mass is 283 g/mol. The summed E-state index contributed by atoms with van der Waals surface area (Å²) >= 11 is 0. The van der Waals surface area contributed by atoms with Crippen LogP contribution in [0.25, 0.3) is 0 Å². The van der Waals surface area contributed by atoms with E-state index in [1.54, 1.807) is 14.2 Å². The third-order valence-electron chi connectivity index (χ3n) is 2.99. The Hall–Kier alpha value is -1.44. The van der Waals surface area contributed by atoms with E-state index in [1.807, 2.05) is 6.92 Å².